The lowest BCUT2D eigenvalue weighted by Gasteiger charge is -2.38. The highest BCUT2D eigenvalue weighted by molar-refractivity contribution is 6.30. The number of carboxylic acids is 1. The van der Waals surface area contributed by atoms with Gasteiger partial charge in [0.1, 0.15) is 5.82 Å². The summed E-state index contributed by atoms with van der Waals surface area (Å²) in [6.45, 7) is 2.87. The van der Waals surface area contributed by atoms with Crippen LogP contribution in [0.5, 0.6) is 0 Å². The number of H-pyrrole nitrogens is 1. The van der Waals surface area contributed by atoms with Crippen molar-refractivity contribution in [2.75, 3.05) is 30.3 Å². The summed E-state index contributed by atoms with van der Waals surface area (Å²) in [5.74, 6) is -1.09. The summed E-state index contributed by atoms with van der Waals surface area (Å²) in [7, 11) is 0. The van der Waals surface area contributed by atoms with E-state index in [2.05, 4.69) is 25.0 Å². The fraction of sp³-hybridized carbons (Fsp3) is 0.348. The van der Waals surface area contributed by atoms with Crippen molar-refractivity contribution in [3.63, 3.8) is 0 Å². The third kappa shape index (κ3) is 5.80. The van der Waals surface area contributed by atoms with Crippen molar-refractivity contribution >= 4 is 29.5 Å². The van der Waals surface area contributed by atoms with Gasteiger partial charge in [0.25, 0.3) is 0 Å². The molecule has 0 radical (unpaired) electrons. The van der Waals surface area contributed by atoms with Crippen LogP contribution in [0.15, 0.2) is 42.5 Å². The molecule has 1 saturated heterocycles. The van der Waals surface area contributed by atoms with Gasteiger partial charge >= 0.3 is 5.97 Å². The number of carbonyl (C=O) groups is 1. The first-order valence-corrected chi connectivity index (χ1v) is 11.2. The molecular weight excluding hydrogens is 447 g/mol. The molecule has 0 saturated carbocycles. The van der Waals surface area contributed by atoms with Gasteiger partial charge < -0.3 is 15.7 Å². The minimum absolute atomic E-state index is 0.281. The Kier molecular flexibility index (Phi) is 7.10. The second kappa shape index (κ2) is 10.2. The number of carboxylic acid groups (broad SMARTS) is 1. The summed E-state index contributed by atoms with van der Waals surface area (Å²) in [5.41, 5.74) is 7.29. The van der Waals surface area contributed by atoms with Crippen LogP contribution in [0.2, 0.25) is 5.02 Å². The number of anilines is 2. The van der Waals surface area contributed by atoms with Crippen LogP contribution in [0.25, 0.3) is 0 Å². The number of hydrogen-bond donors (Lipinski definition) is 3. The van der Waals surface area contributed by atoms with Gasteiger partial charge in [0, 0.05) is 37.2 Å². The summed E-state index contributed by atoms with van der Waals surface area (Å²) in [5, 5.41) is 16.8. The molecule has 3 aromatic rings. The largest absolute Gasteiger partial charge is 0.478 e. The lowest BCUT2D eigenvalue weighted by atomic mass is 10.0. The van der Waals surface area contributed by atoms with Crippen LogP contribution >= 0.6 is 11.6 Å². The quantitative estimate of drug-likeness (QED) is 0.459. The number of aromatic nitrogens is 3. The van der Waals surface area contributed by atoms with Crippen molar-refractivity contribution in [1.29, 1.82) is 0 Å². The fourth-order valence-corrected chi connectivity index (χ4v) is 4.35. The Morgan fingerprint density at radius 3 is 2.55 bits per heavy atom. The summed E-state index contributed by atoms with van der Waals surface area (Å²) in [6, 6.07) is 12.4. The Morgan fingerprint density at radius 2 is 1.91 bits per heavy atom. The molecule has 2 heterocycles. The number of benzene rings is 2. The predicted octanol–water partition coefficient (Wildman–Crippen LogP) is 3.59. The van der Waals surface area contributed by atoms with Crippen molar-refractivity contribution in [3.05, 3.63) is 70.0 Å². The van der Waals surface area contributed by atoms with Crippen molar-refractivity contribution in [1.82, 2.24) is 20.1 Å². The van der Waals surface area contributed by atoms with E-state index in [9.17, 15) is 14.3 Å². The van der Waals surface area contributed by atoms with Crippen molar-refractivity contribution < 1.29 is 14.3 Å². The fourth-order valence-electron chi connectivity index (χ4n) is 4.22. The van der Waals surface area contributed by atoms with E-state index in [4.69, 9.17) is 17.3 Å². The molecule has 8 nitrogen and oxygen atoms in total. The molecular formula is C23H26ClFN6O2. The maximum Gasteiger partial charge on any atom is 0.338 e. The van der Waals surface area contributed by atoms with Gasteiger partial charge in [0.05, 0.1) is 5.56 Å². The van der Waals surface area contributed by atoms with Gasteiger partial charge in [0.2, 0.25) is 11.9 Å². The maximum absolute atomic E-state index is 13.9. The van der Waals surface area contributed by atoms with Crippen molar-refractivity contribution in [3.8, 4) is 0 Å². The molecule has 1 aliphatic heterocycles. The number of aromatic carboxylic acids is 1. The zero-order valence-electron chi connectivity index (χ0n) is 18.0. The smallest absolute Gasteiger partial charge is 0.338 e. The molecule has 2 aromatic carbocycles. The highest BCUT2D eigenvalue weighted by atomic mass is 35.5. The lowest BCUT2D eigenvalue weighted by molar-refractivity contribution is 0.0691. The van der Waals surface area contributed by atoms with Crippen LogP contribution in [-0.2, 0) is 13.0 Å². The summed E-state index contributed by atoms with van der Waals surface area (Å²) < 4.78 is 13.9. The molecule has 0 spiro atoms. The Labute approximate surface area is 196 Å². The Hall–Kier alpha value is -3.17. The van der Waals surface area contributed by atoms with Crippen LogP contribution in [0.4, 0.5) is 16.3 Å². The first-order valence-electron chi connectivity index (χ1n) is 10.8. The average Bonchev–Trinajstić information content (AvgIpc) is 3.25. The van der Waals surface area contributed by atoms with Gasteiger partial charge in [-0.2, -0.15) is 4.98 Å². The number of nitrogens with two attached hydrogens (primary N) is 1. The Balaban J connectivity index is 1.48. The van der Waals surface area contributed by atoms with Gasteiger partial charge in [-0.3, -0.25) is 4.90 Å². The Morgan fingerprint density at radius 1 is 1.21 bits per heavy atom. The number of halogens is 2. The van der Waals surface area contributed by atoms with Gasteiger partial charge in [-0.15, -0.1) is 5.10 Å². The van der Waals surface area contributed by atoms with Crippen molar-refractivity contribution in [2.24, 2.45) is 0 Å². The summed E-state index contributed by atoms with van der Waals surface area (Å²) in [6.07, 6.45) is 2.60. The molecule has 1 aromatic heterocycles. The first kappa shape index (κ1) is 23.0. The van der Waals surface area contributed by atoms with Crippen LogP contribution in [0.3, 0.4) is 0 Å². The summed E-state index contributed by atoms with van der Waals surface area (Å²) in [4.78, 5) is 20.0. The molecule has 0 bridgehead atoms. The molecule has 33 heavy (non-hydrogen) atoms. The molecule has 4 N–H and O–H groups in total. The number of nitrogens with one attached hydrogen (secondary N) is 1. The Bertz CT molecular complexity index is 1100. The van der Waals surface area contributed by atoms with Gasteiger partial charge in [-0.05, 0) is 54.7 Å². The molecule has 0 amide bonds. The van der Waals surface area contributed by atoms with E-state index >= 15 is 0 Å². The van der Waals surface area contributed by atoms with Gasteiger partial charge in [-0.25, -0.2) is 14.3 Å². The van der Waals surface area contributed by atoms with Crippen molar-refractivity contribution in [2.45, 2.75) is 31.8 Å². The molecule has 0 atom stereocenters. The minimum atomic E-state index is -1.26. The van der Waals surface area contributed by atoms with Gasteiger partial charge in [-0.1, -0.05) is 29.8 Å². The topological polar surface area (TPSA) is 111 Å². The number of rotatable bonds is 8. The zero-order valence-corrected chi connectivity index (χ0v) is 18.8. The highest BCUT2D eigenvalue weighted by Gasteiger charge is 2.26. The maximum atomic E-state index is 13.9. The van der Waals surface area contributed by atoms with E-state index in [1.54, 1.807) is 6.07 Å². The zero-order chi connectivity index (χ0) is 23.4. The predicted molar refractivity (Wildman–Crippen MR) is 125 cm³/mol. The molecule has 4 rings (SSSR count). The van der Waals surface area contributed by atoms with Gasteiger partial charge in [0.15, 0.2) is 0 Å². The highest BCUT2D eigenvalue weighted by Crippen LogP contribution is 2.23. The minimum Gasteiger partial charge on any atom is -0.478 e. The molecule has 0 unspecified atom stereocenters. The second-order valence-corrected chi connectivity index (χ2v) is 8.64. The number of nitrogen functional groups attached to an aromatic ring is 1. The third-order valence-corrected chi connectivity index (χ3v) is 6.25. The van der Waals surface area contributed by atoms with Crippen LogP contribution in [-0.4, -0.2) is 56.8 Å². The van der Waals surface area contributed by atoms with E-state index in [0.717, 1.165) is 44.5 Å². The first-order chi connectivity index (χ1) is 15.9. The molecule has 1 aliphatic rings. The number of nitrogens with zero attached hydrogens (tertiary/aromatic N) is 4. The monoisotopic (exact) mass is 472 g/mol. The number of aromatic amines is 1. The molecule has 1 fully saturated rings. The standard InChI is InChI=1S/C23H26ClFN6O2/c24-17-4-1-15(2-5-17)7-10-31(14-16-3-6-20(25)19(13-16)21(32)33)18-8-11-30(12-9-18)23-27-22(26)28-29-23/h1-6,13,18H,7-12,14H2,(H,32,33)(H3,26,27,28,29). The molecule has 10 heteroatoms. The molecule has 0 aliphatic carbocycles. The molecule has 174 valence electrons. The van der Waals surface area contributed by atoms with Crippen LogP contribution in [0.1, 0.15) is 34.3 Å². The average molecular weight is 473 g/mol. The lowest BCUT2D eigenvalue weighted by Crippen LogP contribution is -2.45. The normalized spacial score (nSPS) is 14.7. The van der Waals surface area contributed by atoms with E-state index in [1.807, 2.05) is 24.3 Å². The van der Waals surface area contributed by atoms with E-state index in [0.29, 0.717) is 23.5 Å². The van der Waals surface area contributed by atoms with E-state index < -0.39 is 11.8 Å². The number of hydrogen-bond acceptors (Lipinski definition) is 6. The third-order valence-electron chi connectivity index (χ3n) is 6.00. The number of piperidine rings is 1. The summed E-state index contributed by atoms with van der Waals surface area (Å²) >= 11 is 6.01. The SMILES string of the molecule is Nc1nc(N2CCC(N(CCc3ccc(Cl)cc3)Cc3ccc(F)c(C(=O)O)c3)CC2)n[nH]1. The van der Waals surface area contributed by atoms with E-state index in [1.165, 1.54) is 17.7 Å². The van der Waals surface area contributed by atoms with Crippen LogP contribution in [0, 0.1) is 5.82 Å². The van der Waals surface area contributed by atoms with E-state index in [-0.39, 0.29) is 11.6 Å². The van der Waals surface area contributed by atoms with Crippen LogP contribution < -0.4 is 10.6 Å². The second-order valence-electron chi connectivity index (χ2n) is 8.21.